The van der Waals surface area contributed by atoms with Gasteiger partial charge in [0.1, 0.15) is 5.75 Å². The summed E-state index contributed by atoms with van der Waals surface area (Å²) >= 11 is 0. The molecule has 0 saturated heterocycles. The molecule has 0 radical (unpaired) electrons. The Hall–Kier alpha value is -1.48. The number of benzene rings is 1. The lowest BCUT2D eigenvalue weighted by molar-refractivity contribution is 0.318. The van der Waals surface area contributed by atoms with Crippen molar-refractivity contribution in [3.8, 4) is 5.75 Å². The lowest BCUT2D eigenvalue weighted by Crippen LogP contribution is -2.02. The smallest absolute Gasteiger partial charge is 0.120 e. The fourth-order valence-corrected chi connectivity index (χ4v) is 2.11. The average molecular weight is 246 g/mol. The summed E-state index contributed by atoms with van der Waals surface area (Å²) in [6.07, 6.45) is 5.40. The van der Waals surface area contributed by atoms with Gasteiger partial charge in [-0.2, -0.15) is 0 Å². The van der Waals surface area contributed by atoms with Crippen LogP contribution < -0.4 is 10.5 Å². The van der Waals surface area contributed by atoms with E-state index in [0.29, 0.717) is 0 Å². The number of aromatic nitrogens is 1. The molecule has 2 N–H and O–H groups in total. The van der Waals surface area contributed by atoms with Crippen LogP contribution in [0.4, 0.5) is 0 Å². The van der Waals surface area contributed by atoms with Crippen LogP contribution in [0.5, 0.6) is 5.75 Å². The Morgan fingerprint density at radius 2 is 2.11 bits per heavy atom. The summed E-state index contributed by atoms with van der Waals surface area (Å²) in [6.45, 7) is 4.71. The predicted octanol–water partition coefficient (Wildman–Crippen LogP) is 3.17. The second-order valence-corrected chi connectivity index (χ2v) is 4.57. The van der Waals surface area contributed by atoms with E-state index >= 15 is 0 Å². The maximum atomic E-state index is 5.65. The Morgan fingerprint density at radius 1 is 1.22 bits per heavy atom. The van der Waals surface area contributed by atoms with Crippen LogP contribution in [-0.2, 0) is 6.54 Å². The van der Waals surface area contributed by atoms with E-state index in [1.54, 1.807) is 0 Å². The number of ether oxygens (including phenoxy) is 1. The molecule has 1 aromatic heterocycles. The van der Waals surface area contributed by atoms with E-state index in [0.717, 1.165) is 44.7 Å². The van der Waals surface area contributed by atoms with Crippen molar-refractivity contribution >= 4 is 10.9 Å². The summed E-state index contributed by atoms with van der Waals surface area (Å²) in [7, 11) is 0. The number of rotatable bonds is 7. The Balaban J connectivity index is 2.10. The standard InChI is InChI=1S/C15H22N2O/c1-2-11-18-14-5-6-15-13(12-14)7-10-17(15)9-4-3-8-16/h5-7,10,12H,2-4,8-9,11,16H2,1H3. The van der Waals surface area contributed by atoms with Gasteiger partial charge in [-0.3, -0.25) is 0 Å². The van der Waals surface area contributed by atoms with Gasteiger partial charge in [0.05, 0.1) is 6.61 Å². The summed E-state index contributed by atoms with van der Waals surface area (Å²) in [4.78, 5) is 0. The molecule has 98 valence electrons. The maximum Gasteiger partial charge on any atom is 0.120 e. The molecule has 2 rings (SSSR count). The molecule has 0 bridgehead atoms. The minimum Gasteiger partial charge on any atom is -0.494 e. The maximum absolute atomic E-state index is 5.65. The molecular formula is C15H22N2O. The van der Waals surface area contributed by atoms with Gasteiger partial charge in [0.2, 0.25) is 0 Å². The predicted molar refractivity (Wildman–Crippen MR) is 76.0 cm³/mol. The van der Waals surface area contributed by atoms with Crippen molar-refractivity contribution in [2.45, 2.75) is 32.7 Å². The van der Waals surface area contributed by atoms with Crippen molar-refractivity contribution in [1.29, 1.82) is 0 Å². The summed E-state index contributed by atoms with van der Waals surface area (Å²) < 4.78 is 7.93. The molecule has 3 nitrogen and oxygen atoms in total. The van der Waals surface area contributed by atoms with E-state index in [1.165, 1.54) is 10.9 Å². The van der Waals surface area contributed by atoms with Crippen molar-refractivity contribution < 1.29 is 4.74 Å². The van der Waals surface area contributed by atoms with Crippen LogP contribution >= 0.6 is 0 Å². The number of aryl methyl sites for hydroxylation is 1. The van der Waals surface area contributed by atoms with Gasteiger partial charge < -0.3 is 15.0 Å². The van der Waals surface area contributed by atoms with E-state index in [4.69, 9.17) is 10.5 Å². The summed E-state index contributed by atoms with van der Waals surface area (Å²) in [6, 6.07) is 8.46. The molecular weight excluding hydrogens is 224 g/mol. The van der Waals surface area contributed by atoms with E-state index in [-0.39, 0.29) is 0 Å². The van der Waals surface area contributed by atoms with Gasteiger partial charge in [0.15, 0.2) is 0 Å². The second-order valence-electron chi connectivity index (χ2n) is 4.57. The van der Waals surface area contributed by atoms with Crippen LogP contribution in [0, 0.1) is 0 Å². The molecule has 18 heavy (non-hydrogen) atoms. The fourth-order valence-electron chi connectivity index (χ4n) is 2.11. The van der Waals surface area contributed by atoms with Crippen molar-refractivity contribution in [3.63, 3.8) is 0 Å². The van der Waals surface area contributed by atoms with Gasteiger partial charge in [-0.25, -0.2) is 0 Å². The number of unbranched alkanes of at least 4 members (excludes halogenated alkanes) is 1. The molecule has 0 atom stereocenters. The zero-order chi connectivity index (χ0) is 12.8. The van der Waals surface area contributed by atoms with E-state index in [2.05, 4.69) is 42.0 Å². The number of nitrogens with two attached hydrogens (primary N) is 1. The van der Waals surface area contributed by atoms with Crippen LogP contribution in [0.15, 0.2) is 30.5 Å². The first-order valence-corrected chi connectivity index (χ1v) is 6.77. The normalized spacial score (nSPS) is 11.0. The quantitative estimate of drug-likeness (QED) is 0.762. The highest BCUT2D eigenvalue weighted by molar-refractivity contribution is 5.81. The third-order valence-corrected chi connectivity index (χ3v) is 3.07. The van der Waals surface area contributed by atoms with Gasteiger partial charge in [-0.05, 0) is 50.1 Å². The van der Waals surface area contributed by atoms with Crippen molar-refractivity contribution in [3.05, 3.63) is 30.5 Å². The average Bonchev–Trinajstić information content (AvgIpc) is 2.79. The SMILES string of the molecule is CCCOc1ccc2c(ccn2CCCCN)c1. The van der Waals surface area contributed by atoms with Crippen molar-refractivity contribution in [2.24, 2.45) is 5.73 Å². The minimum absolute atomic E-state index is 0.772. The fraction of sp³-hybridized carbons (Fsp3) is 0.467. The molecule has 0 aliphatic rings. The van der Waals surface area contributed by atoms with Gasteiger partial charge in [-0.15, -0.1) is 0 Å². The van der Waals surface area contributed by atoms with Gasteiger partial charge >= 0.3 is 0 Å². The molecule has 1 heterocycles. The Bertz CT molecular complexity index is 490. The van der Waals surface area contributed by atoms with Gasteiger partial charge in [0.25, 0.3) is 0 Å². The number of hydrogen-bond acceptors (Lipinski definition) is 2. The zero-order valence-corrected chi connectivity index (χ0v) is 11.1. The van der Waals surface area contributed by atoms with Crippen LogP contribution in [0.25, 0.3) is 10.9 Å². The van der Waals surface area contributed by atoms with E-state index in [9.17, 15) is 0 Å². The summed E-state index contributed by atoms with van der Waals surface area (Å²) in [5, 5.41) is 1.25. The number of fused-ring (bicyclic) bond motifs is 1. The van der Waals surface area contributed by atoms with Crippen molar-refractivity contribution in [1.82, 2.24) is 4.57 Å². The highest BCUT2D eigenvalue weighted by Gasteiger charge is 2.02. The molecule has 0 amide bonds. The molecule has 2 aromatic rings. The van der Waals surface area contributed by atoms with Crippen LogP contribution in [0.1, 0.15) is 26.2 Å². The summed E-state index contributed by atoms with van der Waals surface area (Å²) in [5.41, 5.74) is 6.80. The lowest BCUT2D eigenvalue weighted by Gasteiger charge is -2.07. The first-order chi connectivity index (χ1) is 8.85. The molecule has 0 fully saturated rings. The highest BCUT2D eigenvalue weighted by atomic mass is 16.5. The van der Waals surface area contributed by atoms with E-state index in [1.807, 2.05) is 0 Å². The molecule has 0 saturated carbocycles. The molecule has 0 spiro atoms. The topological polar surface area (TPSA) is 40.2 Å². The third kappa shape index (κ3) is 3.05. The minimum atomic E-state index is 0.772. The number of hydrogen-bond donors (Lipinski definition) is 1. The first-order valence-electron chi connectivity index (χ1n) is 6.77. The molecule has 0 aliphatic heterocycles. The highest BCUT2D eigenvalue weighted by Crippen LogP contribution is 2.22. The molecule has 0 aliphatic carbocycles. The lowest BCUT2D eigenvalue weighted by atomic mass is 10.2. The van der Waals surface area contributed by atoms with Gasteiger partial charge in [-0.1, -0.05) is 6.92 Å². The van der Waals surface area contributed by atoms with Crippen molar-refractivity contribution in [2.75, 3.05) is 13.2 Å². The largest absolute Gasteiger partial charge is 0.494 e. The molecule has 1 aromatic carbocycles. The first kappa shape index (κ1) is 13.0. The van der Waals surface area contributed by atoms with Crippen LogP contribution in [0.3, 0.4) is 0 Å². The Labute approximate surface area is 109 Å². The molecule has 0 unspecified atom stereocenters. The van der Waals surface area contributed by atoms with Gasteiger partial charge in [0, 0.05) is 23.6 Å². The van der Waals surface area contributed by atoms with E-state index < -0.39 is 0 Å². The third-order valence-electron chi connectivity index (χ3n) is 3.07. The number of nitrogens with zero attached hydrogens (tertiary/aromatic N) is 1. The second kappa shape index (κ2) is 6.45. The summed E-state index contributed by atoms with van der Waals surface area (Å²) in [5.74, 6) is 0.962. The Kier molecular flexibility index (Phi) is 4.65. The zero-order valence-electron chi connectivity index (χ0n) is 11.1. The molecule has 3 heteroatoms. The van der Waals surface area contributed by atoms with Crippen LogP contribution in [0.2, 0.25) is 0 Å². The Morgan fingerprint density at radius 3 is 2.89 bits per heavy atom. The monoisotopic (exact) mass is 246 g/mol. The van der Waals surface area contributed by atoms with Crippen LogP contribution in [-0.4, -0.2) is 17.7 Å².